The lowest BCUT2D eigenvalue weighted by molar-refractivity contribution is 0.632. The molecule has 0 amide bonds. The number of aromatic nitrogens is 2. The fourth-order valence-electron chi connectivity index (χ4n) is 4.25. The van der Waals surface area contributed by atoms with Gasteiger partial charge in [-0.05, 0) is 48.4 Å². The van der Waals surface area contributed by atoms with E-state index >= 15 is 0 Å². The summed E-state index contributed by atoms with van der Waals surface area (Å²) in [6, 6.07) is 26.3. The van der Waals surface area contributed by atoms with Crippen LogP contribution in [0.25, 0.3) is 16.6 Å². The summed E-state index contributed by atoms with van der Waals surface area (Å²) in [6.45, 7) is 5.54. The number of anilines is 2. The van der Waals surface area contributed by atoms with Crippen molar-refractivity contribution in [1.82, 2.24) is 9.55 Å². The molecule has 0 unspecified atom stereocenters. The van der Waals surface area contributed by atoms with Gasteiger partial charge in [-0.25, -0.2) is 9.55 Å². The number of benzene rings is 3. The Bertz CT molecular complexity index is 1240. The number of hydrogen-bond donors (Lipinski definition) is 0. The maximum atomic E-state index is 13.5. The van der Waals surface area contributed by atoms with Crippen LogP contribution >= 0.6 is 0 Å². The van der Waals surface area contributed by atoms with E-state index in [1.54, 1.807) is 4.57 Å². The monoisotopic (exact) mass is 410 g/mol. The maximum absolute atomic E-state index is 13.5. The molecule has 0 N–H and O–H groups in total. The lowest BCUT2D eigenvalue weighted by Gasteiger charge is -2.37. The van der Waals surface area contributed by atoms with E-state index in [1.807, 2.05) is 42.5 Å². The summed E-state index contributed by atoms with van der Waals surface area (Å²) >= 11 is 0. The van der Waals surface area contributed by atoms with Gasteiger partial charge >= 0.3 is 0 Å². The van der Waals surface area contributed by atoms with Crippen molar-refractivity contribution in [2.24, 2.45) is 0 Å². The summed E-state index contributed by atoms with van der Waals surface area (Å²) in [5.74, 6) is 0.723. The number of nitrogens with zero attached hydrogens (tertiary/aromatic N) is 4. The lowest BCUT2D eigenvalue weighted by Crippen LogP contribution is -2.48. The molecule has 0 aliphatic carbocycles. The second-order valence-corrected chi connectivity index (χ2v) is 7.90. The van der Waals surface area contributed by atoms with Gasteiger partial charge in [-0.1, -0.05) is 49.4 Å². The molecular weight excluding hydrogens is 384 g/mol. The van der Waals surface area contributed by atoms with Crippen LogP contribution in [0.2, 0.25) is 0 Å². The predicted molar refractivity (Wildman–Crippen MR) is 128 cm³/mol. The second kappa shape index (κ2) is 8.26. The molecule has 3 aromatic carbocycles. The molecule has 31 heavy (non-hydrogen) atoms. The zero-order valence-electron chi connectivity index (χ0n) is 17.7. The Kier molecular flexibility index (Phi) is 5.16. The summed E-state index contributed by atoms with van der Waals surface area (Å²) in [6.07, 6.45) is 0.972. The third kappa shape index (κ3) is 3.67. The minimum absolute atomic E-state index is 0.0182. The molecule has 4 aromatic rings. The van der Waals surface area contributed by atoms with Gasteiger partial charge in [0.25, 0.3) is 5.56 Å². The van der Waals surface area contributed by atoms with E-state index in [9.17, 15) is 4.79 Å². The molecule has 1 aromatic heterocycles. The maximum Gasteiger partial charge on any atom is 0.267 e. The van der Waals surface area contributed by atoms with E-state index in [4.69, 9.17) is 4.98 Å². The van der Waals surface area contributed by atoms with Gasteiger partial charge in [0.05, 0.1) is 16.6 Å². The van der Waals surface area contributed by atoms with Gasteiger partial charge in [-0.3, -0.25) is 4.79 Å². The number of rotatable bonds is 4. The highest BCUT2D eigenvalue weighted by molar-refractivity contribution is 5.79. The SMILES string of the molecule is CCc1ccc(-n2c(N3CCN(c4ccccc4)CC3)nc3ccccc3c2=O)cc1. The average Bonchev–Trinajstić information content (AvgIpc) is 2.85. The van der Waals surface area contributed by atoms with E-state index in [1.165, 1.54) is 11.3 Å². The third-order valence-electron chi connectivity index (χ3n) is 6.04. The molecule has 0 atom stereocenters. The van der Waals surface area contributed by atoms with Crippen molar-refractivity contribution in [1.29, 1.82) is 0 Å². The Balaban J connectivity index is 1.55. The van der Waals surface area contributed by atoms with Gasteiger partial charge in [-0.15, -0.1) is 0 Å². The first kappa shape index (κ1) is 19.4. The normalized spacial score (nSPS) is 14.2. The molecule has 1 fully saturated rings. The van der Waals surface area contributed by atoms with Crippen LogP contribution in [0.1, 0.15) is 12.5 Å². The minimum atomic E-state index is -0.0182. The summed E-state index contributed by atoms with van der Waals surface area (Å²) in [7, 11) is 0. The predicted octanol–water partition coefficient (Wildman–Crippen LogP) is 4.27. The van der Waals surface area contributed by atoms with Crippen LogP contribution in [0.5, 0.6) is 0 Å². The summed E-state index contributed by atoms with van der Waals surface area (Å²) < 4.78 is 1.78. The molecule has 1 aliphatic rings. The molecule has 0 spiro atoms. The van der Waals surface area contributed by atoms with Crippen molar-refractivity contribution in [3.63, 3.8) is 0 Å². The number of aryl methyl sites for hydroxylation is 1. The van der Waals surface area contributed by atoms with Crippen LogP contribution < -0.4 is 15.4 Å². The minimum Gasteiger partial charge on any atom is -0.368 e. The molecule has 156 valence electrons. The Hall–Kier alpha value is -3.60. The van der Waals surface area contributed by atoms with Gasteiger partial charge in [-0.2, -0.15) is 0 Å². The third-order valence-corrected chi connectivity index (χ3v) is 6.04. The highest BCUT2D eigenvalue weighted by Crippen LogP contribution is 2.23. The van der Waals surface area contributed by atoms with Crippen LogP contribution in [0.15, 0.2) is 83.7 Å². The Morgan fingerprint density at radius 1 is 0.742 bits per heavy atom. The largest absolute Gasteiger partial charge is 0.368 e. The zero-order chi connectivity index (χ0) is 21.2. The highest BCUT2D eigenvalue weighted by atomic mass is 16.1. The second-order valence-electron chi connectivity index (χ2n) is 7.90. The molecule has 1 aliphatic heterocycles. The topological polar surface area (TPSA) is 41.4 Å². The highest BCUT2D eigenvalue weighted by Gasteiger charge is 2.23. The van der Waals surface area contributed by atoms with Crippen LogP contribution in [0.3, 0.4) is 0 Å². The Labute approximate surface area is 182 Å². The first-order valence-corrected chi connectivity index (χ1v) is 10.9. The molecule has 0 saturated carbocycles. The molecule has 1 saturated heterocycles. The van der Waals surface area contributed by atoms with Gasteiger partial charge in [0.2, 0.25) is 5.95 Å². The fraction of sp³-hybridized carbons (Fsp3) is 0.231. The van der Waals surface area contributed by atoms with Gasteiger partial charge in [0.1, 0.15) is 0 Å². The number of fused-ring (bicyclic) bond motifs is 1. The van der Waals surface area contributed by atoms with Crippen molar-refractivity contribution < 1.29 is 0 Å². The Morgan fingerprint density at radius 2 is 1.39 bits per heavy atom. The fourth-order valence-corrected chi connectivity index (χ4v) is 4.25. The molecule has 5 rings (SSSR count). The molecule has 5 heteroatoms. The van der Waals surface area contributed by atoms with E-state index < -0.39 is 0 Å². The van der Waals surface area contributed by atoms with E-state index in [0.29, 0.717) is 5.39 Å². The molecule has 5 nitrogen and oxygen atoms in total. The van der Waals surface area contributed by atoms with Crippen molar-refractivity contribution >= 4 is 22.5 Å². The van der Waals surface area contributed by atoms with Crippen molar-refractivity contribution in [3.05, 3.63) is 94.8 Å². The Morgan fingerprint density at radius 3 is 2.10 bits per heavy atom. The van der Waals surface area contributed by atoms with Crippen LogP contribution in [0.4, 0.5) is 11.6 Å². The van der Waals surface area contributed by atoms with Gasteiger partial charge in [0, 0.05) is 31.9 Å². The molecule has 0 bridgehead atoms. The van der Waals surface area contributed by atoms with Crippen molar-refractivity contribution in [2.75, 3.05) is 36.0 Å². The average molecular weight is 411 g/mol. The number of hydrogen-bond acceptors (Lipinski definition) is 4. The standard InChI is InChI=1S/C26H26N4O/c1-2-20-12-14-22(15-13-20)30-25(31)23-10-6-7-11-24(23)27-26(30)29-18-16-28(17-19-29)21-8-4-3-5-9-21/h3-15H,2,16-19H2,1H3. The first-order valence-electron chi connectivity index (χ1n) is 10.9. The molecule has 2 heterocycles. The van der Waals surface area contributed by atoms with Crippen LogP contribution in [0, 0.1) is 0 Å². The molecule has 0 radical (unpaired) electrons. The summed E-state index contributed by atoms with van der Waals surface area (Å²) in [5, 5.41) is 0.647. The summed E-state index contributed by atoms with van der Waals surface area (Å²) in [5.41, 5.74) is 4.08. The number of para-hydroxylation sites is 2. The summed E-state index contributed by atoms with van der Waals surface area (Å²) in [4.78, 5) is 23.1. The van der Waals surface area contributed by atoms with Gasteiger partial charge in [0.15, 0.2) is 0 Å². The van der Waals surface area contributed by atoms with E-state index in [0.717, 1.165) is 49.8 Å². The number of piperazine rings is 1. The van der Waals surface area contributed by atoms with Crippen molar-refractivity contribution in [2.45, 2.75) is 13.3 Å². The van der Waals surface area contributed by atoms with Crippen LogP contribution in [-0.4, -0.2) is 35.7 Å². The van der Waals surface area contributed by atoms with E-state index in [2.05, 4.69) is 53.1 Å². The first-order chi connectivity index (χ1) is 15.2. The quantitative estimate of drug-likeness (QED) is 0.504. The zero-order valence-corrected chi connectivity index (χ0v) is 17.7. The molecular formula is C26H26N4O. The lowest BCUT2D eigenvalue weighted by atomic mass is 10.1. The van der Waals surface area contributed by atoms with Crippen LogP contribution in [-0.2, 0) is 6.42 Å². The van der Waals surface area contributed by atoms with Crippen molar-refractivity contribution in [3.8, 4) is 5.69 Å². The van der Waals surface area contributed by atoms with E-state index in [-0.39, 0.29) is 5.56 Å². The smallest absolute Gasteiger partial charge is 0.267 e. The van der Waals surface area contributed by atoms with Gasteiger partial charge < -0.3 is 9.80 Å².